The summed E-state index contributed by atoms with van der Waals surface area (Å²) in [5.41, 5.74) is -1.31. The second kappa shape index (κ2) is 6.68. The molecule has 0 atom stereocenters. The van der Waals surface area contributed by atoms with E-state index >= 15 is 0 Å². The zero-order valence-corrected chi connectivity index (χ0v) is 11.2. The zero-order chi connectivity index (χ0) is 17.9. The predicted molar refractivity (Wildman–Crippen MR) is 64.9 cm³/mol. The van der Waals surface area contributed by atoms with Gasteiger partial charge in [-0.25, -0.2) is 9.59 Å². The molecule has 0 fully saturated rings. The predicted octanol–water partition coefficient (Wildman–Crippen LogP) is -1.28. The molecule has 0 radical (unpaired) electrons. The van der Waals surface area contributed by atoms with Crippen LogP contribution >= 0.6 is 0 Å². The number of hydrogen-bond donors (Lipinski definition) is 4. The average Bonchev–Trinajstić information content (AvgIpc) is 2.65. The van der Waals surface area contributed by atoms with Crippen molar-refractivity contribution in [3.05, 3.63) is 11.1 Å². The Bertz CT molecular complexity index is 559. The van der Waals surface area contributed by atoms with Crippen molar-refractivity contribution in [1.29, 1.82) is 0 Å². The number of carboxylic acid groups (broad SMARTS) is 4. The van der Waals surface area contributed by atoms with E-state index in [9.17, 15) is 28.8 Å². The van der Waals surface area contributed by atoms with Gasteiger partial charge in [0.15, 0.2) is 11.8 Å². The summed E-state index contributed by atoms with van der Waals surface area (Å²) in [6.07, 6.45) is -1.87. The summed E-state index contributed by atoms with van der Waals surface area (Å²) >= 11 is 0. The minimum absolute atomic E-state index is 0.655. The molecule has 23 heavy (non-hydrogen) atoms. The molecule has 1 aliphatic rings. The van der Waals surface area contributed by atoms with Crippen LogP contribution in [0.15, 0.2) is 11.1 Å². The fourth-order valence-corrected chi connectivity index (χ4v) is 1.84. The standard InChI is InChI=1S/C12H10O11/c13-7(14)5(8(15)16)1-3-4(12(22)23-11(3)21)2-6(9(17)18)10(19)20/h5-6H,1-2H2,(H,13,14)(H,15,16)(H,17,18)(H,19,20). The van der Waals surface area contributed by atoms with Crippen LogP contribution in [0.25, 0.3) is 0 Å². The summed E-state index contributed by atoms with van der Waals surface area (Å²) in [7, 11) is 0. The molecule has 0 saturated heterocycles. The number of cyclic esters (lactones) is 2. The van der Waals surface area contributed by atoms with Crippen LogP contribution in [0, 0.1) is 11.8 Å². The van der Waals surface area contributed by atoms with Crippen molar-refractivity contribution in [3.63, 3.8) is 0 Å². The highest BCUT2D eigenvalue weighted by Crippen LogP contribution is 2.29. The van der Waals surface area contributed by atoms with E-state index in [-0.39, 0.29) is 0 Å². The minimum Gasteiger partial charge on any atom is -0.481 e. The maximum Gasteiger partial charge on any atom is 0.342 e. The second-order valence-electron chi connectivity index (χ2n) is 4.50. The second-order valence-corrected chi connectivity index (χ2v) is 4.50. The molecule has 1 heterocycles. The Balaban J connectivity index is 3.22. The topological polar surface area (TPSA) is 193 Å². The Morgan fingerprint density at radius 2 is 0.957 bits per heavy atom. The maximum absolute atomic E-state index is 11.5. The molecule has 0 aromatic heterocycles. The molecular formula is C12H10O11. The van der Waals surface area contributed by atoms with Gasteiger partial charge in [-0.15, -0.1) is 0 Å². The number of ether oxygens (including phenoxy) is 1. The van der Waals surface area contributed by atoms with Gasteiger partial charge in [0.2, 0.25) is 0 Å². The third kappa shape index (κ3) is 3.90. The Hall–Kier alpha value is -3.24. The first-order chi connectivity index (χ1) is 10.6. The summed E-state index contributed by atoms with van der Waals surface area (Å²) in [6, 6.07) is 0. The van der Waals surface area contributed by atoms with Gasteiger partial charge in [0, 0.05) is 24.0 Å². The number of carbonyl (C=O) groups is 6. The average molecular weight is 330 g/mol. The number of hydrogen-bond acceptors (Lipinski definition) is 7. The number of aliphatic carboxylic acids is 4. The zero-order valence-electron chi connectivity index (χ0n) is 11.2. The van der Waals surface area contributed by atoms with E-state index in [4.69, 9.17) is 20.4 Å². The van der Waals surface area contributed by atoms with Gasteiger partial charge in [0.25, 0.3) is 0 Å². The number of rotatable bonds is 8. The SMILES string of the molecule is O=C1OC(=O)C(CC(C(=O)O)C(=O)O)=C1CC(C(=O)O)C(=O)O. The Morgan fingerprint density at radius 1 is 0.696 bits per heavy atom. The van der Waals surface area contributed by atoms with Crippen LogP contribution in [0.5, 0.6) is 0 Å². The molecule has 0 spiro atoms. The third-order valence-electron chi connectivity index (χ3n) is 3.05. The minimum atomic E-state index is -2.08. The van der Waals surface area contributed by atoms with Crippen molar-refractivity contribution in [2.45, 2.75) is 12.8 Å². The molecule has 1 aliphatic heterocycles. The molecule has 4 N–H and O–H groups in total. The molecule has 1 rings (SSSR count). The maximum atomic E-state index is 11.5. The Morgan fingerprint density at radius 3 is 1.17 bits per heavy atom. The van der Waals surface area contributed by atoms with E-state index < -0.39 is 71.6 Å². The lowest BCUT2D eigenvalue weighted by Crippen LogP contribution is -2.26. The van der Waals surface area contributed by atoms with Crippen LogP contribution in [0.4, 0.5) is 0 Å². The van der Waals surface area contributed by atoms with Crippen LogP contribution in [-0.2, 0) is 33.5 Å². The first-order valence-corrected chi connectivity index (χ1v) is 5.96. The fourth-order valence-electron chi connectivity index (χ4n) is 1.84. The molecule has 0 saturated carbocycles. The summed E-state index contributed by atoms with van der Waals surface area (Å²) < 4.78 is 4.18. The third-order valence-corrected chi connectivity index (χ3v) is 3.05. The van der Waals surface area contributed by atoms with Gasteiger partial charge in [-0.3, -0.25) is 19.2 Å². The van der Waals surface area contributed by atoms with E-state index in [0.29, 0.717) is 0 Å². The first kappa shape index (κ1) is 17.8. The van der Waals surface area contributed by atoms with Crippen LogP contribution in [0.1, 0.15) is 12.8 Å². The number of carboxylic acids is 4. The van der Waals surface area contributed by atoms with Crippen LogP contribution in [-0.4, -0.2) is 56.2 Å². The molecular weight excluding hydrogens is 320 g/mol. The Kier molecular flexibility index (Phi) is 5.17. The van der Waals surface area contributed by atoms with E-state index in [1.807, 2.05) is 0 Å². The number of esters is 2. The van der Waals surface area contributed by atoms with Gasteiger partial charge in [-0.1, -0.05) is 0 Å². The molecule has 0 bridgehead atoms. The lowest BCUT2D eigenvalue weighted by atomic mass is 9.91. The fraction of sp³-hybridized carbons (Fsp3) is 0.333. The lowest BCUT2D eigenvalue weighted by Gasteiger charge is -2.09. The van der Waals surface area contributed by atoms with Crippen LogP contribution in [0.2, 0.25) is 0 Å². The van der Waals surface area contributed by atoms with Gasteiger partial charge in [-0.05, 0) is 0 Å². The quantitative estimate of drug-likeness (QED) is 0.306. The molecule has 0 aliphatic carbocycles. The summed E-state index contributed by atoms with van der Waals surface area (Å²) in [5, 5.41) is 35.1. The molecule has 0 unspecified atom stereocenters. The van der Waals surface area contributed by atoms with E-state index in [1.165, 1.54) is 0 Å². The summed E-state index contributed by atoms with van der Waals surface area (Å²) in [4.78, 5) is 66.4. The first-order valence-electron chi connectivity index (χ1n) is 5.96. The van der Waals surface area contributed by atoms with Crippen molar-refractivity contribution in [2.24, 2.45) is 11.8 Å². The lowest BCUT2D eigenvalue weighted by molar-refractivity contribution is -0.156. The summed E-state index contributed by atoms with van der Waals surface area (Å²) in [6.45, 7) is 0. The smallest absolute Gasteiger partial charge is 0.342 e. The summed E-state index contributed by atoms with van der Waals surface area (Å²) in [5.74, 6) is -14.0. The van der Waals surface area contributed by atoms with Gasteiger partial charge >= 0.3 is 35.8 Å². The normalized spacial score (nSPS) is 14.3. The molecule has 11 nitrogen and oxygen atoms in total. The van der Waals surface area contributed by atoms with Crippen LogP contribution in [0.3, 0.4) is 0 Å². The Labute approximate surface area is 126 Å². The molecule has 0 aromatic rings. The van der Waals surface area contributed by atoms with E-state index in [2.05, 4.69) is 4.74 Å². The molecule has 0 aromatic carbocycles. The van der Waals surface area contributed by atoms with E-state index in [0.717, 1.165) is 0 Å². The molecule has 11 heteroatoms. The largest absolute Gasteiger partial charge is 0.481 e. The molecule has 124 valence electrons. The van der Waals surface area contributed by atoms with E-state index in [1.54, 1.807) is 0 Å². The highest BCUT2D eigenvalue weighted by molar-refractivity contribution is 6.13. The van der Waals surface area contributed by atoms with Gasteiger partial charge in [0.05, 0.1) is 0 Å². The van der Waals surface area contributed by atoms with Crippen molar-refractivity contribution in [2.75, 3.05) is 0 Å². The van der Waals surface area contributed by atoms with Crippen LogP contribution < -0.4 is 0 Å². The van der Waals surface area contributed by atoms with Gasteiger partial charge in [-0.2, -0.15) is 0 Å². The van der Waals surface area contributed by atoms with Crippen molar-refractivity contribution >= 4 is 35.8 Å². The monoisotopic (exact) mass is 330 g/mol. The highest BCUT2D eigenvalue weighted by Gasteiger charge is 2.41. The number of carbonyl (C=O) groups excluding carboxylic acids is 2. The van der Waals surface area contributed by atoms with Crippen molar-refractivity contribution in [3.8, 4) is 0 Å². The van der Waals surface area contributed by atoms with Gasteiger partial charge in [0.1, 0.15) is 0 Å². The molecule has 0 amide bonds. The van der Waals surface area contributed by atoms with Crippen molar-refractivity contribution in [1.82, 2.24) is 0 Å². The highest BCUT2D eigenvalue weighted by atomic mass is 16.6. The van der Waals surface area contributed by atoms with Crippen molar-refractivity contribution < 1.29 is 53.9 Å². The van der Waals surface area contributed by atoms with Gasteiger partial charge < -0.3 is 25.2 Å².